The van der Waals surface area contributed by atoms with Gasteiger partial charge in [-0.2, -0.15) is 0 Å². The molecule has 9 nitrogen and oxygen atoms in total. The normalized spacial score (nSPS) is 21.9. The molecule has 0 aromatic rings. The van der Waals surface area contributed by atoms with Crippen molar-refractivity contribution in [3.8, 4) is 0 Å². The predicted octanol–water partition coefficient (Wildman–Crippen LogP) is 9.00. The number of ether oxygens (including phenoxy) is 2. The zero-order valence-corrected chi connectivity index (χ0v) is 35.1. The maximum Gasteiger partial charge on any atom is 0.220 e. The van der Waals surface area contributed by atoms with Gasteiger partial charge in [-0.15, -0.1) is 0 Å². The van der Waals surface area contributed by atoms with Gasteiger partial charge in [-0.05, 0) is 57.8 Å². The van der Waals surface area contributed by atoms with Crippen molar-refractivity contribution in [1.29, 1.82) is 0 Å². The van der Waals surface area contributed by atoms with E-state index in [0.717, 1.165) is 44.9 Å². The minimum Gasteiger partial charge on any atom is -0.394 e. The Labute approximate surface area is 340 Å². The average Bonchev–Trinajstić information content (AvgIpc) is 3.20. The van der Waals surface area contributed by atoms with Gasteiger partial charge in [0.05, 0.1) is 25.4 Å². The molecule has 1 aliphatic rings. The molecule has 322 valence electrons. The van der Waals surface area contributed by atoms with Crippen molar-refractivity contribution in [2.24, 2.45) is 0 Å². The molecule has 7 atom stereocenters. The van der Waals surface area contributed by atoms with Gasteiger partial charge in [0.15, 0.2) is 6.29 Å². The standard InChI is InChI=1S/C47H81NO8/c1-3-5-7-9-11-13-15-17-18-19-20-21-22-23-25-26-28-30-32-34-36-41(50)40(39-55-47-46(54)45(53)44(52)42(38-49)56-47)48-43(51)37-35-33-31-29-27-24-16-14-12-10-8-6-4-2/h6,8,12,14,24,26-28,31,33-34,36,40-42,44-47,49-50,52-54H,3-5,7,9-11,13,15-23,25,29-30,32,35,37-39H2,1-2H3,(H,48,51)/b8-6-,14-12-,27-24-,28-26+,33-31-,36-34+. The maximum atomic E-state index is 12.9. The summed E-state index contributed by atoms with van der Waals surface area (Å²) in [5.74, 6) is -0.270. The number of aliphatic hydroxyl groups is 5. The summed E-state index contributed by atoms with van der Waals surface area (Å²) in [4.78, 5) is 12.9. The molecule has 9 heteroatoms. The summed E-state index contributed by atoms with van der Waals surface area (Å²) in [6, 6.07) is -0.862. The molecule has 0 saturated carbocycles. The van der Waals surface area contributed by atoms with Gasteiger partial charge in [0.2, 0.25) is 5.91 Å². The molecule has 1 heterocycles. The largest absolute Gasteiger partial charge is 0.394 e. The van der Waals surface area contributed by atoms with Gasteiger partial charge in [-0.1, -0.05) is 170 Å². The van der Waals surface area contributed by atoms with Crippen LogP contribution in [0.4, 0.5) is 0 Å². The van der Waals surface area contributed by atoms with Crippen LogP contribution in [0.2, 0.25) is 0 Å². The van der Waals surface area contributed by atoms with Crippen LogP contribution < -0.4 is 5.32 Å². The van der Waals surface area contributed by atoms with Gasteiger partial charge in [0.25, 0.3) is 0 Å². The fraction of sp³-hybridized carbons (Fsp3) is 0.723. The lowest BCUT2D eigenvalue weighted by Crippen LogP contribution is -2.60. The molecule has 0 spiro atoms. The molecule has 0 aromatic heterocycles. The number of carbonyl (C=O) groups is 1. The van der Waals surface area contributed by atoms with E-state index in [1.807, 2.05) is 18.2 Å². The fourth-order valence-electron chi connectivity index (χ4n) is 6.47. The van der Waals surface area contributed by atoms with Gasteiger partial charge in [-0.3, -0.25) is 4.79 Å². The first kappa shape index (κ1) is 51.6. The van der Waals surface area contributed by atoms with Crippen molar-refractivity contribution >= 4 is 5.91 Å². The van der Waals surface area contributed by atoms with Crippen molar-refractivity contribution in [3.63, 3.8) is 0 Å². The molecule has 56 heavy (non-hydrogen) atoms. The third kappa shape index (κ3) is 27.3. The van der Waals surface area contributed by atoms with Crippen LogP contribution in [0.1, 0.15) is 162 Å². The van der Waals surface area contributed by atoms with Crippen molar-refractivity contribution in [2.75, 3.05) is 13.2 Å². The highest BCUT2D eigenvalue weighted by Gasteiger charge is 2.44. The maximum absolute atomic E-state index is 12.9. The minimum atomic E-state index is -1.59. The van der Waals surface area contributed by atoms with Crippen LogP contribution in [0.15, 0.2) is 72.9 Å². The van der Waals surface area contributed by atoms with Gasteiger partial charge in [-0.25, -0.2) is 0 Å². The third-order valence-electron chi connectivity index (χ3n) is 10.0. The SMILES string of the molecule is CC/C=C\C/C=C\C/C=C\C/C=C\CCC(=O)NC(COC1OC(CO)C(O)C(O)C1O)C(O)/C=C/CC/C=C/CCCCCCCCCCCCCCCC. The number of carbonyl (C=O) groups excluding carboxylic acids is 1. The van der Waals surface area contributed by atoms with E-state index >= 15 is 0 Å². The number of aliphatic hydroxyl groups excluding tert-OH is 5. The molecular weight excluding hydrogens is 707 g/mol. The summed E-state index contributed by atoms with van der Waals surface area (Å²) < 4.78 is 11.1. The Kier molecular flexibility index (Phi) is 34.1. The lowest BCUT2D eigenvalue weighted by molar-refractivity contribution is -0.302. The molecule has 1 saturated heterocycles. The second kappa shape index (κ2) is 36.9. The van der Waals surface area contributed by atoms with Crippen molar-refractivity contribution in [1.82, 2.24) is 5.32 Å². The second-order valence-corrected chi connectivity index (χ2v) is 15.1. The summed E-state index contributed by atoms with van der Waals surface area (Å²) in [5.41, 5.74) is 0. The van der Waals surface area contributed by atoms with E-state index in [-0.39, 0.29) is 18.9 Å². The van der Waals surface area contributed by atoms with Crippen LogP contribution in [-0.2, 0) is 14.3 Å². The van der Waals surface area contributed by atoms with Gasteiger partial charge in [0, 0.05) is 6.42 Å². The number of allylic oxidation sites excluding steroid dienone is 11. The molecule has 1 aliphatic heterocycles. The molecule has 0 aromatic carbocycles. The van der Waals surface area contributed by atoms with Crippen LogP contribution in [0, 0.1) is 0 Å². The first-order chi connectivity index (χ1) is 27.3. The van der Waals surface area contributed by atoms with Gasteiger partial charge < -0.3 is 40.3 Å². The number of unbranched alkanes of at least 4 members (excludes halogenated alkanes) is 15. The number of hydrogen-bond donors (Lipinski definition) is 6. The van der Waals surface area contributed by atoms with Gasteiger partial charge >= 0.3 is 0 Å². The highest BCUT2D eigenvalue weighted by molar-refractivity contribution is 5.76. The van der Waals surface area contributed by atoms with Crippen molar-refractivity contribution < 1.29 is 39.8 Å². The van der Waals surface area contributed by atoms with Crippen LogP contribution in [-0.4, -0.2) is 87.5 Å². The van der Waals surface area contributed by atoms with E-state index in [4.69, 9.17) is 9.47 Å². The predicted molar refractivity (Wildman–Crippen MR) is 230 cm³/mol. The topological polar surface area (TPSA) is 149 Å². The highest BCUT2D eigenvalue weighted by Crippen LogP contribution is 2.22. The molecular formula is C47H81NO8. The fourth-order valence-corrected chi connectivity index (χ4v) is 6.47. The van der Waals surface area contributed by atoms with E-state index < -0.39 is 49.5 Å². The zero-order valence-electron chi connectivity index (χ0n) is 35.1. The summed E-state index contributed by atoms with van der Waals surface area (Å²) in [5, 5.41) is 54.0. The number of amides is 1. The molecule has 0 radical (unpaired) electrons. The van der Waals surface area contributed by atoms with Crippen LogP contribution in [0.3, 0.4) is 0 Å². The Morgan fingerprint density at radius 2 is 1.12 bits per heavy atom. The Balaban J connectivity index is 2.43. The van der Waals surface area contributed by atoms with Crippen LogP contribution >= 0.6 is 0 Å². The van der Waals surface area contributed by atoms with Gasteiger partial charge in [0.1, 0.15) is 24.4 Å². The lowest BCUT2D eigenvalue weighted by atomic mass is 9.99. The highest BCUT2D eigenvalue weighted by atomic mass is 16.7. The molecule has 1 rings (SSSR count). The Bertz CT molecular complexity index is 1100. The smallest absolute Gasteiger partial charge is 0.220 e. The first-order valence-electron chi connectivity index (χ1n) is 22.2. The molecule has 0 aliphatic carbocycles. The second-order valence-electron chi connectivity index (χ2n) is 15.1. The van der Waals surface area contributed by atoms with E-state index in [9.17, 15) is 30.3 Å². The van der Waals surface area contributed by atoms with Crippen molar-refractivity contribution in [3.05, 3.63) is 72.9 Å². The van der Waals surface area contributed by atoms with Crippen LogP contribution in [0.25, 0.3) is 0 Å². The Morgan fingerprint density at radius 1 is 0.625 bits per heavy atom. The first-order valence-corrected chi connectivity index (χ1v) is 22.2. The monoisotopic (exact) mass is 788 g/mol. The zero-order chi connectivity index (χ0) is 40.9. The quantitative estimate of drug-likeness (QED) is 0.0276. The summed E-state index contributed by atoms with van der Waals surface area (Å²) >= 11 is 0. The Hall–Kier alpha value is -2.37. The number of rotatable bonds is 35. The van der Waals surface area contributed by atoms with E-state index in [0.29, 0.717) is 6.42 Å². The third-order valence-corrected chi connectivity index (χ3v) is 10.0. The molecule has 6 N–H and O–H groups in total. The van der Waals surface area contributed by atoms with E-state index in [2.05, 4.69) is 67.8 Å². The number of nitrogens with one attached hydrogen (secondary N) is 1. The van der Waals surface area contributed by atoms with E-state index in [1.165, 1.54) is 89.9 Å². The minimum absolute atomic E-state index is 0.214. The molecule has 7 unspecified atom stereocenters. The molecule has 1 fully saturated rings. The summed E-state index contributed by atoms with van der Waals surface area (Å²) in [7, 11) is 0. The summed E-state index contributed by atoms with van der Waals surface area (Å²) in [6.45, 7) is 3.58. The molecule has 1 amide bonds. The van der Waals surface area contributed by atoms with E-state index in [1.54, 1.807) is 6.08 Å². The van der Waals surface area contributed by atoms with Crippen molar-refractivity contribution in [2.45, 2.75) is 204 Å². The van der Waals surface area contributed by atoms with Crippen LogP contribution in [0.5, 0.6) is 0 Å². The average molecular weight is 788 g/mol. The number of hydrogen-bond acceptors (Lipinski definition) is 8. The summed E-state index contributed by atoms with van der Waals surface area (Å²) in [6.07, 6.45) is 42.5. The lowest BCUT2D eigenvalue weighted by Gasteiger charge is -2.40. The molecule has 0 bridgehead atoms. The Morgan fingerprint density at radius 3 is 1.70 bits per heavy atom.